The number of imidazole rings is 1. The maximum atomic E-state index is 4.54. The van der Waals surface area contributed by atoms with Crippen molar-refractivity contribution in [3.8, 4) is 11.4 Å². The molecule has 1 aromatic carbocycles. The molecule has 0 saturated heterocycles. The van der Waals surface area contributed by atoms with Crippen molar-refractivity contribution >= 4 is 22.6 Å². The summed E-state index contributed by atoms with van der Waals surface area (Å²) in [6.07, 6.45) is 11.0. The van der Waals surface area contributed by atoms with Gasteiger partial charge in [0.15, 0.2) is 0 Å². The minimum atomic E-state index is 0.838. The molecule has 0 bridgehead atoms. The molecular weight excluding hydrogens is 347 g/mol. The van der Waals surface area contributed by atoms with E-state index in [0.29, 0.717) is 0 Å². The third-order valence-electron chi connectivity index (χ3n) is 4.00. The van der Waals surface area contributed by atoms with Gasteiger partial charge in [-0.15, -0.1) is 0 Å². The normalized spacial score (nSPS) is 16.7. The van der Waals surface area contributed by atoms with Gasteiger partial charge in [-0.05, 0) is 53.5 Å². The van der Waals surface area contributed by atoms with Crippen LogP contribution in [0.15, 0.2) is 36.7 Å². The topological polar surface area (TPSA) is 17.8 Å². The second-order valence-corrected chi connectivity index (χ2v) is 6.66. The lowest BCUT2D eigenvalue weighted by Crippen LogP contribution is -2.14. The highest BCUT2D eigenvalue weighted by molar-refractivity contribution is 14.1. The van der Waals surface area contributed by atoms with Crippen LogP contribution < -0.4 is 0 Å². The van der Waals surface area contributed by atoms with Crippen molar-refractivity contribution in [2.24, 2.45) is 5.92 Å². The molecule has 0 aliphatic heterocycles. The monoisotopic (exact) mass is 366 g/mol. The molecule has 0 spiro atoms. The molecule has 19 heavy (non-hydrogen) atoms. The van der Waals surface area contributed by atoms with Gasteiger partial charge >= 0.3 is 0 Å². The number of hydrogen-bond acceptors (Lipinski definition) is 1. The Morgan fingerprint density at radius 1 is 1.11 bits per heavy atom. The Morgan fingerprint density at radius 3 is 2.58 bits per heavy atom. The molecule has 0 radical (unpaired) electrons. The first-order chi connectivity index (χ1) is 9.33. The Labute approximate surface area is 128 Å². The standard InChI is InChI=1S/C16H19IN2/c17-15-8-6-14(7-9-15)16-18-10-11-19(16)12-13-4-2-1-3-5-13/h6-11,13H,1-5,12H2. The van der Waals surface area contributed by atoms with Crippen LogP contribution in [0.25, 0.3) is 11.4 Å². The lowest BCUT2D eigenvalue weighted by atomic mass is 9.89. The minimum absolute atomic E-state index is 0.838. The molecule has 0 atom stereocenters. The maximum absolute atomic E-state index is 4.54. The van der Waals surface area contributed by atoms with Gasteiger partial charge in [0.2, 0.25) is 0 Å². The van der Waals surface area contributed by atoms with Crippen LogP contribution in [0.2, 0.25) is 0 Å². The Bertz CT molecular complexity index is 524. The number of nitrogens with zero attached hydrogens (tertiary/aromatic N) is 2. The van der Waals surface area contributed by atoms with Crippen molar-refractivity contribution in [1.82, 2.24) is 9.55 Å². The van der Waals surface area contributed by atoms with E-state index in [-0.39, 0.29) is 0 Å². The average Bonchev–Trinajstić information content (AvgIpc) is 2.89. The largest absolute Gasteiger partial charge is 0.331 e. The Morgan fingerprint density at radius 2 is 1.84 bits per heavy atom. The Hall–Kier alpha value is -0.840. The zero-order valence-corrected chi connectivity index (χ0v) is 13.2. The van der Waals surface area contributed by atoms with Gasteiger partial charge in [-0.2, -0.15) is 0 Å². The number of hydrogen-bond donors (Lipinski definition) is 0. The Kier molecular flexibility index (Phi) is 4.21. The van der Waals surface area contributed by atoms with Crippen LogP contribution in [-0.2, 0) is 6.54 Å². The molecule has 1 aliphatic rings. The SMILES string of the molecule is Ic1ccc(-c2nccn2CC2CCCCC2)cc1. The minimum Gasteiger partial charge on any atom is -0.331 e. The van der Waals surface area contributed by atoms with Crippen molar-refractivity contribution in [2.75, 3.05) is 0 Å². The van der Waals surface area contributed by atoms with Crippen LogP contribution in [0.4, 0.5) is 0 Å². The highest BCUT2D eigenvalue weighted by atomic mass is 127. The number of rotatable bonds is 3. The van der Waals surface area contributed by atoms with Gasteiger partial charge < -0.3 is 4.57 Å². The molecule has 1 fully saturated rings. The summed E-state index contributed by atoms with van der Waals surface area (Å²) in [6.45, 7) is 1.13. The zero-order valence-electron chi connectivity index (χ0n) is 11.1. The lowest BCUT2D eigenvalue weighted by molar-refractivity contribution is 0.320. The summed E-state index contributed by atoms with van der Waals surface area (Å²) in [6, 6.07) is 8.63. The second kappa shape index (κ2) is 6.07. The van der Waals surface area contributed by atoms with E-state index < -0.39 is 0 Å². The fourth-order valence-electron chi connectivity index (χ4n) is 2.96. The first-order valence-electron chi connectivity index (χ1n) is 7.10. The van der Waals surface area contributed by atoms with Crippen LogP contribution in [0.3, 0.4) is 0 Å². The molecule has 1 saturated carbocycles. The van der Waals surface area contributed by atoms with Crippen molar-refractivity contribution in [2.45, 2.75) is 38.6 Å². The summed E-state index contributed by atoms with van der Waals surface area (Å²) in [4.78, 5) is 4.54. The van der Waals surface area contributed by atoms with Gasteiger partial charge in [-0.3, -0.25) is 0 Å². The van der Waals surface area contributed by atoms with Gasteiger partial charge in [-0.25, -0.2) is 4.98 Å². The molecule has 2 nitrogen and oxygen atoms in total. The summed E-state index contributed by atoms with van der Waals surface area (Å²) in [7, 11) is 0. The fraction of sp³-hybridized carbons (Fsp3) is 0.438. The molecule has 1 aliphatic carbocycles. The van der Waals surface area contributed by atoms with Crippen LogP contribution >= 0.6 is 22.6 Å². The van der Waals surface area contributed by atoms with Crippen LogP contribution in [-0.4, -0.2) is 9.55 Å². The van der Waals surface area contributed by atoms with Crippen molar-refractivity contribution in [3.63, 3.8) is 0 Å². The van der Waals surface area contributed by atoms with Gasteiger partial charge in [0, 0.05) is 28.1 Å². The molecule has 3 heteroatoms. The summed E-state index contributed by atoms with van der Waals surface area (Å²) >= 11 is 2.34. The average molecular weight is 366 g/mol. The van der Waals surface area contributed by atoms with Crippen molar-refractivity contribution < 1.29 is 0 Å². The molecule has 0 amide bonds. The quantitative estimate of drug-likeness (QED) is 0.718. The number of aromatic nitrogens is 2. The van der Waals surface area contributed by atoms with Crippen LogP contribution in [0.5, 0.6) is 0 Å². The van der Waals surface area contributed by atoms with Crippen LogP contribution in [0.1, 0.15) is 32.1 Å². The molecule has 0 N–H and O–H groups in total. The number of benzene rings is 1. The third-order valence-corrected chi connectivity index (χ3v) is 4.72. The van der Waals surface area contributed by atoms with Crippen LogP contribution in [0, 0.1) is 9.49 Å². The Balaban J connectivity index is 1.79. The summed E-state index contributed by atoms with van der Waals surface area (Å²) in [5.74, 6) is 1.95. The highest BCUT2D eigenvalue weighted by Crippen LogP contribution is 2.27. The van der Waals surface area contributed by atoms with Gasteiger partial charge in [0.1, 0.15) is 5.82 Å². The van der Waals surface area contributed by atoms with E-state index in [0.717, 1.165) is 18.3 Å². The molecule has 2 aromatic rings. The van der Waals surface area contributed by atoms with E-state index in [9.17, 15) is 0 Å². The third kappa shape index (κ3) is 3.19. The molecule has 100 valence electrons. The smallest absolute Gasteiger partial charge is 0.139 e. The van der Waals surface area contributed by atoms with E-state index in [4.69, 9.17) is 0 Å². The summed E-state index contributed by atoms with van der Waals surface area (Å²) < 4.78 is 3.60. The summed E-state index contributed by atoms with van der Waals surface area (Å²) in [5.41, 5.74) is 1.22. The van der Waals surface area contributed by atoms with E-state index >= 15 is 0 Å². The molecule has 1 aromatic heterocycles. The van der Waals surface area contributed by atoms with Gasteiger partial charge in [0.05, 0.1) is 0 Å². The van der Waals surface area contributed by atoms with Gasteiger partial charge in [-0.1, -0.05) is 31.4 Å². The van der Waals surface area contributed by atoms with Crippen molar-refractivity contribution in [1.29, 1.82) is 0 Å². The molecule has 1 heterocycles. The van der Waals surface area contributed by atoms with E-state index in [1.807, 2.05) is 6.20 Å². The molecule has 3 rings (SSSR count). The van der Waals surface area contributed by atoms with Gasteiger partial charge in [0.25, 0.3) is 0 Å². The van der Waals surface area contributed by atoms with Crippen molar-refractivity contribution in [3.05, 3.63) is 40.2 Å². The van der Waals surface area contributed by atoms with E-state index in [1.54, 1.807) is 0 Å². The predicted molar refractivity (Wildman–Crippen MR) is 87.0 cm³/mol. The molecular formula is C16H19IN2. The fourth-order valence-corrected chi connectivity index (χ4v) is 3.32. The van der Waals surface area contributed by atoms with E-state index in [2.05, 4.69) is 62.6 Å². The summed E-state index contributed by atoms with van der Waals surface area (Å²) in [5, 5.41) is 0. The zero-order chi connectivity index (χ0) is 13.1. The predicted octanol–water partition coefficient (Wildman–Crippen LogP) is 4.74. The maximum Gasteiger partial charge on any atom is 0.139 e. The first kappa shape index (κ1) is 13.2. The lowest BCUT2D eigenvalue weighted by Gasteiger charge is -2.22. The highest BCUT2D eigenvalue weighted by Gasteiger charge is 2.15. The first-order valence-corrected chi connectivity index (χ1v) is 8.18. The van der Waals surface area contributed by atoms with E-state index in [1.165, 1.54) is 41.2 Å². The number of halogens is 1. The molecule has 0 unspecified atom stereocenters. The second-order valence-electron chi connectivity index (χ2n) is 5.41.